The summed E-state index contributed by atoms with van der Waals surface area (Å²) in [7, 11) is -4.14. The first-order valence-electron chi connectivity index (χ1n) is 8.88. The lowest BCUT2D eigenvalue weighted by molar-refractivity contribution is -0.119. The van der Waals surface area contributed by atoms with Crippen molar-refractivity contribution >= 4 is 39.4 Å². The van der Waals surface area contributed by atoms with E-state index >= 15 is 0 Å². The van der Waals surface area contributed by atoms with Crippen LogP contribution in [0.4, 0.5) is 14.5 Å². The molecule has 160 valence electrons. The third-order valence-corrected chi connectivity index (χ3v) is 6.23. The van der Waals surface area contributed by atoms with Crippen molar-refractivity contribution in [2.75, 3.05) is 10.8 Å². The summed E-state index contributed by atoms with van der Waals surface area (Å²) in [4.78, 5) is 12.4. The van der Waals surface area contributed by atoms with Crippen molar-refractivity contribution in [2.45, 2.75) is 4.90 Å². The average Bonchev–Trinajstić information content (AvgIpc) is 2.75. The van der Waals surface area contributed by atoms with Gasteiger partial charge in [-0.3, -0.25) is 9.10 Å². The summed E-state index contributed by atoms with van der Waals surface area (Å²) >= 11 is 5.89. The molecular formula is C21H16ClF2N3O3S. The number of nitrogens with one attached hydrogen (secondary N) is 1. The zero-order valence-electron chi connectivity index (χ0n) is 15.9. The molecule has 0 radical (unpaired) electrons. The van der Waals surface area contributed by atoms with E-state index in [0.29, 0.717) is 0 Å². The number of hydrogen-bond donors (Lipinski definition) is 1. The Morgan fingerprint density at radius 3 is 2.32 bits per heavy atom. The number of benzene rings is 3. The molecule has 3 aromatic rings. The van der Waals surface area contributed by atoms with Crippen LogP contribution >= 0.6 is 11.6 Å². The molecule has 6 nitrogen and oxygen atoms in total. The second-order valence-electron chi connectivity index (χ2n) is 6.23. The molecule has 3 aromatic carbocycles. The van der Waals surface area contributed by atoms with Gasteiger partial charge in [-0.2, -0.15) is 5.10 Å². The highest BCUT2D eigenvalue weighted by Gasteiger charge is 2.27. The summed E-state index contributed by atoms with van der Waals surface area (Å²) in [6.45, 7) is -0.648. The highest BCUT2D eigenvalue weighted by Crippen LogP contribution is 2.23. The Balaban J connectivity index is 1.84. The molecule has 0 heterocycles. The van der Waals surface area contributed by atoms with Crippen molar-refractivity contribution in [3.63, 3.8) is 0 Å². The van der Waals surface area contributed by atoms with Crippen LogP contribution in [0.1, 0.15) is 5.56 Å². The van der Waals surface area contributed by atoms with Gasteiger partial charge >= 0.3 is 0 Å². The van der Waals surface area contributed by atoms with Crippen LogP contribution in [0.15, 0.2) is 82.8 Å². The molecule has 0 aliphatic rings. The van der Waals surface area contributed by atoms with Gasteiger partial charge < -0.3 is 0 Å². The predicted molar refractivity (Wildman–Crippen MR) is 115 cm³/mol. The Kier molecular flexibility index (Phi) is 6.98. The number of nitrogens with zero attached hydrogens (tertiary/aromatic N) is 2. The Labute approximate surface area is 182 Å². The molecule has 1 N–H and O–H groups in total. The lowest BCUT2D eigenvalue weighted by Gasteiger charge is -2.23. The highest BCUT2D eigenvalue weighted by molar-refractivity contribution is 7.92. The smallest absolute Gasteiger partial charge is 0.264 e. The van der Waals surface area contributed by atoms with Crippen LogP contribution in [0.2, 0.25) is 5.02 Å². The predicted octanol–water partition coefficient (Wildman–Crippen LogP) is 3.96. The maximum atomic E-state index is 13.8. The molecule has 0 saturated heterocycles. The largest absolute Gasteiger partial charge is 0.271 e. The Bertz CT molecular complexity index is 1180. The SMILES string of the molecule is O=C(CN(c1ccc(F)cc1)S(=O)(=O)c1ccccc1)N/N=C\c1c(F)cccc1Cl. The molecule has 0 fully saturated rings. The molecule has 10 heteroatoms. The summed E-state index contributed by atoms with van der Waals surface area (Å²) in [6, 6.07) is 16.2. The molecule has 0 atom stereocenters. The topological polar surface area (TPSA) is 78.8 Å². The second-order valence-corrected chi connectivity index (χ2v) is 8.50. The lowest BCUT2D eigenvalue weighted by Crippen LogP contribution is -2.39. The van der Waals surface area contributed by atoms with E-state index in [9.17, 15) is 22.0 Å². The van der Waals surface area contributed by atoms with Crippen LogP contribution in [-0.4, -0.2) is 27.1 Å². The molecule has 31 heavy (non-hydrogen) atoms. The number of carbonyl (C=O) groups excluding carboxylic acids is 1. The molecule has 0 aliphatic carbocycles. The zero-order chi connectivity index (χ0) is 22.4. The van der Waals surface area contributed by atoms with Gasteiger partial charge in [0.15, 0.2) is 0 Å². The van der Waals surface area contributed by atoms with Crippen molar-refractivity contribution < 1.29 is 22.0 Å². The number of hydrazone groups is 1. The van der Waals surface area contributed by atoms with Crippen molar-refractivity contribution in [1.82, 2.24) is 5.43 Å². The van der Waals surface area contributed by atoms with Gasteiger partial charge in [0.1, 0.15) is 18.2 Å². The van der Waals surface area contributed by atoms with E-state index in [-0.39, 0.29) is 21.2 Å². The molecule has 1 amide bonds. The molecular weight excluding hydrogens is 448 g/mol. The quantitative estimate of drug-likeness (QED) is 0.425. The van der Waals surface area contributed by atoms with E-state index < -0.39 is 34.1 Å². The Morgan fingerprint density at radius 1 is 1.00 bits per heavy atom. The molecule has 0 aliphatic heterocycles. The van der Waals surface area contributed by atoms with Crippen LogP contribution in [-0.2, 0) is 14.8 Å². The van der Waals surface area contributed by atoms with Gasteiger partial charge in [0.2, 0.25) is 0 Å². The first-order valence-corrected chi connectivity index (χ1v) is 10.7. The number of hydrogen-bond acceptors (Lipinski definition) is 4. The van der Waals surface area contributed by atoms with E-state index in [1.807, 2.05) is 0 Å². The number of amides is 1. The fourth-order valence-electron chi connectivity index (χ4n) is 2.61. The first kappa shape index (κ1) is 22.4. The maximum absolute atomic E-state index is 13.8. The standard InChI is InChI=1S/C21H16ClF2N3O3S/c22-19-7-4-8-20(24)18(19)13-25-26-21(28)14-27(16-11-9-15(23)10-12-16)31(29,30)17-5-2-1-3-6-17/h1-13H,14H2,(H,26,28)/b25-13-. The maximum Gasteiger partial charge on any atom is 0.264 e. The van der Waals surface area contributed by atoms with Crippen molar-refractivity contribution in [3.05, 3.63) is 95.0 Å². The van der Waals surface area contributed by atoms with Gasteiger partial charge in [-0.05, 0) is 48.5 Å². The monoisotopic (exact) mass is 463 g/mol. The third kappa shape index (κ3) is 5.44. The molecule has 0 bridgehead atoms. The van der Waals surface area contributed by atoms with Crippen molar-refractivity contribution in [1.29, 1.82) is 0 Å². The van der Waals surface area contributed by atoms with Crippen LogP contribution in [0.25, 0.3) is 0 Å². The summed E-state index contributed by atoms with van der Waals surface area (Å²) in [5.41, 5.74) is 2.20. The van der Waals surface area contributed by atoms with Crippen molar-refractivity contribution in [3.8, 4) is 0 Å². The summed E-state index contributed by atoms with van der Waals surface area (Å²) in [5, 5.41) is 3.74. The van der Waals surface area contributed by atoms with Crippen LogP contribution < -0.4 is 9.73 Å². The minimum Gasteiger partial charge on any atom is -0.271 e. The summed E-state index contributed by atoms with van der Waals surface area (Å²) < 4.78 is 54.1. The van der Waals surface area contributed by atoms with Gasteiger partial charge in [0, 0.05) is 5.56 Å². The van der Waals surface area contributed by atoms with Crippen LogP contribution in [0.5, 0.6) is 0 Å². The van der Waals surface area contributed by atoms with Gasteiger partial charge in [-0.1, -0.05) is 35.9 Å². The average molecular weight is 464 g/mol. The van der Waals surface area contributed by atoms with Gasteiger partial charge in [0.25, 0.3) is 15.9 Å². The number of rotatable bonds is 7. The normalized spacial score (nSPS) is 11.5. The summed E-state index contributed by atoms with van der Waals surface area (Å²) in [5.74, 6) is -1.99. The van der Waals surface area contributed by atoms with Crippen LogP contribution in [0, 0.1) is 11.6 Å². The molecule has 0 saturated carbocycles. The minimum atomic E-state index is -4.14. The van der Waals surface area contributed by atoms with E-state index in [1.54, 1.807) is 6.07 Å². The number of carbonyl (C=O) groups is 1. The Morgan fingerprint density at radius 2 is 1.68 bits per heavy atom. The lowest BCUT2D eigenvalue weighted by atomic mass is 10.2. The highest BCUT2D eigenvalue weighted by atomic mass is 35.5. The number of anilines is 1. The third-order valence-electron chi connectivity index (χ3n) is 4.12. The summed E-state index contributed by atoms with van der Waals surface area (Å²) in [6.07, 6.45) is 1.02. The molecule has 0 aromatic heterocycles. The minimum absolute atomic E-state index is 0.0308. The van der Waals surface area contributed by atoms with E-state index in [2.05, 4.69) is 10.5 Å². The Hall–Kier alpha value is -3.30. The van der Waals surface area contributed by atoms with Gasteiger partial charge in [0.05, 0.1) is 21.8 Å². The molecule has 3 rings (SSSR count). The molecule has 0 spiro atoms. The zero-order valence-corrected chi connectivity index (χ0v) is 17.4. The van der Waals surface area contributed by atoms with E-state index in [4.69, 9.17) is 11.6 Å². The van der Waals surface area contributed by atoms with E-state index in [1.165, 1.54) is 54.6 Å². The van der Waals surface area contributed by atoms with Gasteiger partial charge in [-0.15, -0.1) is 0 Å². The fourth-order valence-corrected chi connectivity index (χ4v) is 4.26. The first-order chi connectivity index (χ1) is 14.8. The number of halogens is 3. The fraction of sp³-hybridized carbons (Fsp3) is 0.0476. The van der Waals surface area contributed by atoms with Gasteiger partial charge in [-0.25, -0.2) is 22.6 Å². The van der Waals surface area contributed by atoms with Crippen molar-refractivity contribution in [2.24, 2.45) is 5.10 Å². The van der Waals surface area contributed by atoms with Crippen LogP contribution in [0.3, 0.4) is 0 Å². The second kappa shape index (κ2) is 9.67. The number of sulfonamides is 1. The molecule has 0 unspecified atom stereocenters. The van der Waals surface area contributed by atoms with E-state index in [0.717, 1.165) is 22.7 Å².